The van der Waals surface area contributed by atoms with Crippen LogP contribution < -0.4 is 5.32 Å². The Morgan fingerprint density at radius 1 is 1.40 bits per heavy atom. The second kappa shape index (κ2) is 6.70. The summed E-state index contributed by atoms with van der Waals surface area (Å²) in [6.07, 6.45) is 3.50. The number of nitrogens with zero attached hydrogens (tertiary/aromatic N) is 2. The van der Waals surface area contributed by atoms with Gasteiger partial charge in [-0.3, -0.25) is 9.69 Å². The van der Waals surface area contributed by atoms with Crippen LogP contribution in [0.2, 0.25) is 0 Å². The normalized spacial score (nSPS) is 20.6. The molecule has 0 bridgehead atoms. The smallest absolute Gasteiger partial charge is 0.237 e. The lowest BCUT2D eigenvalue weighted by Gasteiger charge is -2.26. The Hall–Kier alpha value is -0.910. The summed E-state index contributed by atoms with van der Waals surface area (Å²) in [5.41, 5.74) is 0. The van der Waals surface area contributed by atoms with Crippen LogP contribution in [0.25, 0.3) is 0 Å². The largest absolute Gasteiger partial charge is 0.333 e. The van der Waals surface area contributed by atoms with E-state index in [9.17, 15) is 4.79 Å². The number of nitrogens with one attached hydrogen (secondary N) is 1. The van der Waals surface area contributed by atoms with E-state index in [0.29, 0.717) is 18.5 Å². The van der Waals surface area contributed by atoms with E-state index in [-0.39, 0.29) is 0 Å². The number of hydrogen-bond donors (Lipinski definition) is 1. The summed E-state index contributed by atoms with van der Waals surface area (Å²) < 4.78 is 0. The van der Waals surface area contributed by atoms with Gasteiger partial charge in [0.1, 0.15) is 0 Å². The fraction of sp³-hybridized carbons (Fsp3) is 0.667. The Bertz CT molecular complexity index is 422. The van der Waals surface area contributed by atoms with Crippen molar-refractivity contribution in [1.82, 2.24) is 15.1 Å². The Balaban J connectivity index is 1.57. The fourth-order valence-corrected chi connectivity index (χ4v) is 3.42. The second-order valence-corrected chi connectivity index (χ2v) is 6.74. The topological polar surface area (TPSA) is 35.6 Å². The van der Waals surface area contributed by atoms with Gasteiger partial charge in [-0.05, 0) is 43.8 Å². The third kappa shape index (κ3) is 3.81. The van der Waals surface area contributed by atoms with Crippen molar-refractivity contribution in [3.63, 3.8) is 0 Å². The van der Waals surface area contributed by atoms with Crippen molar-refractivity contribution >= 4 is 17.2 Å². The predicted octanol–water partition coefficient (Wildman–Crippen LogP) is 1.53. The second-order valence-electron chi connectivity index (χ2n) is 5.71. The highest BCUT2D eigenvalue weighted by atomic mass is 32.1. The summed E-state index contributed by atoms with van der Waals surface area (Å²) in [7, 11) is 0. The van der Waals surface area contributed by atoms with Crippen LogP contribution in [0.15, 0.2) is 17.5 Å². The molecule has 2 aliphatic rings. The average molecular weight is 293 g/mol. The summed E-state index contributed by atoms with van der Waals surface area (Å²) in [6, 6.07) is 4.69. The number of carbonyl (C=O) groups excluding carboxylic acids is 1. The van der Waals surface area contributed by atoms with Crippen LogP contribution in [-0.4, -0.2) is 54.5 Å². The zero-order chi connectivity index (χ0) is 13.8. The van der Waals surface area contributed by atoms with Gasteiger partial charge in [0.25, 0.3) is 0 Å². The monoisotopic (exact) mass is 293 g/mol. The number of carbonyl (C=O) groups is 1. The number of thiophene rings is 1. The van der Waals surface area contributed by atoms with Crippen molar-refractivity contribution in [3.05, 3.63) is 22.4 Å². The molecular weight excluding hydrogens is 270 g/mol. The molecule has 0 spiro atoms. The molecular formula is C15H23N3OS. The summed E-state index contributed by atoms with van der Waals surface area (Å²) in [4.78, 5) is 18.3. The summed E-state index contributed by atoms with van der Waals surface area (Å²) in [5.74, 6) is 0.308. The third-order valence-corrected chi connectivity index (χ3v) is 4.87. The molecule has 0 atom stereocenters. The lowest BCUT2D eigenvalue weighted by molar-refractivity contribution is -0.133. The van der Waals surface area contributed by atoms with Crippen LogP contribution in [0.1, 0.15) is 24.1 Å². The molecule has 1 aliphatic carbocycles. The maximum atomic E-state index is 12.6. The first kappa shape index (κ1) is 14.0. The van der Waals surface area contributed by atoms with Crippen molar-refractivity contribution in [2.24, 2.45) is 0 Å². The van der Waals surface area contributed by atoms with Gasteiger partial charge in [0.2, 0.25) is 5.91 Å². The van der Waals surface area contributed by atoms with Gasteiger partial charge < -0.3 is 10.2 Å². The molecule has 1 amide bonds. The molecule has 0 unspecified atom stereocenters. The number of hydrogen-bond acceptors (Lipinski definition) is 4. The van der Waals surface area contributed by atoms with Crippen LogP contribution in [0, 0.1) is 0 Å². The van der Waals surface area contributed by atoms with Gasteiger partial charge in [-0.1, -0.05) is 6.07 Å². The molecule has 1 saturated heterocycles. The molecule has 1 N–H and O–H groups in total. The molecule has 2 fully saturated rings. The maximum absolute atomic E-state index is 12.6. The van der Waals surface area contributed by atoms with E-state index >= 15 is 0 Å². The van der Waals surface area contributed by atoms with Gasteiger partial charge in [0, 0.05) is 24.0 Å². The van der Waals surface area contributed by atoms with Crippen LogP contribution in [0.5, 0.6) is 0 Å². The van der Waals surface area contributed by atoms with Crippen LogP contribution in [0.4, 0.5) is 0 Å². The standard InChI is InChI=1S/C15H23N3OS/c19-15(12-17-8-2-6-16-7-9-17)18(13-4-5-13)11-14-3-1-10-20-14/h1,3,10,13,16H,2,4-9,11-12H2. The van der Waals surface area contributed by atoms with E-state index in [1.165, 1.54) is 17.7 Å². The molecule has 1 saturated carbocycles. The van der Waals surface area contributed by atoms with Crippen molar-refractivity contribution < 1.29 is 4.79 Å². The third-order valence-electron chi connectivity index (χ3n) is 4.01. The summed E-state index contributed by atoms with van der Waals surface area (Å²) >= 11 is 1.75. The minimum absolute atomic E-state index is 0.308. The molecule has 1 aliphatic heterocycles. The zero-order valence-electron chi connectivity index (χ0n) is 11.9. The number of amides is 1. The van der Waals surface area contributed by atoms with Gasteiger partial charge in [-0.25, -0.2) is 0 Å². The van der Waals surface area contributed by atoms with Crippen LogP contribution in [0.3, 0.4) is 0 Å². The molecule has 2 heterocycles. The van der Waals surface area contributed by atoms with Crippen molar-refractivity contribution in [2.75, 3.05) is 32.7 Å². The lowest BCUT2D eigenvalue weighted by atomic mass is 10.3. The van der Waals surface area contributed by atoms with Gasteiger partial charge in [0.05, 0.1) is 13.1 Å². The first-order valence-corrected chi connectivity index (χ1v) is 8.46. The Morgan fingerprint density at radius 3 is 3.05 bits per heavy atom. The zero-order valence-corrected chi connectivity index (χ0v) is 12.7. The van der Waals surface area contributed by atoms with Crippen molar-refractivity contribution in [1.29, 1.82) is 0 Å². The van der Waals surface area contributed by atoms with Gasteiger partial charge >= 0.3 is 0 Å². The minimum atomic E-state index is 0.308. The molecule has 5 heteroatoms. The Labute approximate surface area is 124 Å². The highest BCUT2D eigenvalue weighted by molar-refractivity contribution is 7.09. The fourth-order valence-electron chi connectivity index (χ4n) is 2.72. The summed E-state index contributed by atoms with van der Waals surface area (Å²) in [5, 5.41) is 5.47. The van der Waals surface area contributed by atoms with E-state index < -0.39 is 0 Å². The SMILES string of the molecule is O=C(CN1CCCNCC1)N(Cc1cccs1)C1CC1. The van der Waals surface area contributed by atoms with Crippen molar-refractivity contribution in [2.45, 2.75) is 31.8 Å². The predicted molar refractivity (Wildman–Crippen MR) is 81.8 cm³/mol. The highest BCUT2D eigenvalue weighted by Crippen LogP contribution is 2.29. The molecule has 3 rings (SSSR count). The van der Waals surface area contributed by atoms with E-state index in [4.69, 9.17) is 0 Å². The molecule has 110 valence electrons. The van der Waals surface area contributed by atoms with Gasteiger partial charge in [-0.2, -0.15) is 0 Å². The van der Waals surface area contributed by atoms with Gasteiger partial charge in [0.15, 0.2) is 0 Å². The summed E-state index contributed by atoms with van der Waals surface area (Å²) in [6.45, 7) is 5.49. The van der Waals surface area contributed by atoms with Crippen molar-refractivity contribution in [3.8, 4) is 0 Å². The van der Waals surface area contributed by atoms with E-state index in [2.05, 4.69) is 32.6 Å². The quantitative estimate of drug-likeness (QED) is 0.894. The van der Waals surface area contributed by atoms with E-state index in [0.717, 1.165) is 39.1 Å². The molecule has 20 heavy (non-hydrogen) atoms. The minimum Gasteiger partial charge on any atom is -0.333 e. The molecule has 4 nitrogen and oxygen atoms in total. The van der Waals surface area contributed by atoms with Crippen LogP contribution in [-0.2, 0) is 11.3 Å². The first-order chi connectivity index (χ1) is 9.83. The molecule has 0 aromatic carbocycles. The molecule has 1 aromatic heterocycles. The molecule has 0 radical (unpaired) electrons. The molecule has 1 aromatic rings. The highest BCUT2D eigenvalue weighted by Gasteiger charge is 2.33. The van der Waals surface area contributed by atoms with Crippen LogP contribution >= 0.6 is 11.3 Å². The number of rotatable bonds is 5. The average Bonchev–Trinajstić information content (AvgIpc) is 3.21. The Morgan fingerprint density at radius 2 is 2.30 bits per heavy atom. The lowest BCUT2D eigenvalue weighted by Crippen LogP contribution is -2.42. The van der Waals surface area contributed by atoms with Gasteiger partial charge in [-0.15, -0.1) is 11.3 Å². The van der Waals surface area contributed by atoms with E-state index in [1.807, 2.05) is 0 Å². The first-order valence-electron chi connectivity index (χ1n) is 7.58. The van der Waals surface area contributed by atoms with E-state index in [1.54, 1.807) is 11.3 Å². The maximum Gasteiger partial charge on any atom is 0.237 e. The Kier molecular flexibility index (Phi) is 4.70.